The summed E-state index contributed by atoms with van der Waals surface area (Å²) in [4.78, 5) is 29.8. The molecule has 1 aromatic heterocycles. The number of carbonyl (C=O) groups excluding carboxylic acids is 2. The number of rotatable bonds is 7. The fourth-order valence-corrected chi connectivity index (χ4v) is 3.99. The van der Waals surface area contributed by atoms with E-state index in [0.717, 1.165) is 24.3 Å². The first-order valence-electron chi connectivity index (χ1n) is 9.46. The van der Waals surface area contributed by atoms with E-state index < -0.39 is 6.04 Å². The molecule has 1 fully saturated rings. The number of ether oxygens (including phenoxy) is 2. The third-order valence-corrected chi connectivity index (χ3v) is 5.77. The van der Waals surface area contributed by atoms with Gasteiger partial charge in [0.25, 0.3) is 5.91 Å². The molecule has 2 heterocycles. The summed E-state index contributed by atoms with van der Waals surface area (Å²) in [5, 5.41) is 1.89. The summed E-state index contributed by atoms with van der Waals surface area (Å²) in [6, 6.07) is 10.6. The number of likely N-dealkylation sites (tertiary alicyclic amines) is 1. The molecule has 1 unspecified atom stereocenters. The van der Waals surface area contributed by atoms with Gasteiger partial charge in [-0.2, -0.15) is 0 Å². The van der Waals surface area contributed by atoms with Crippen LogP contribution < -0.4 is 9.47 Å². The molecular formula is C21H26N2O4S. The number of thiophene rings is 1. The summed E-state index contributed by atoms with van der Waals surface area (Å²) < 4.78 is 10.8. The minimum atomic E-state index is -0.394. The second kappa shape index (κ2) is 9.59. The molecule has 0 radical (unpaired) electrons. The topological polar surface area (TPSA) is 59.1 Å². The fraction of sp³-hybridized carbons (Fsp3) is 0.429. The molecule has 2 amide bonds. The largest absolute Gasteiger partial charge is 0.497 e. The zero-order valence-electron chi connectivity index (χ0n) is 16.3. The van der Waals surface area contributed by atoms with Gasteiger partial charge in [0.2, 0.25) is 5.91 Å². The maximum Gasteiger partial charge on any atom is 0.264 e. The van der Waals surface area contributed by atoms with Crippen LogP contribution in [0.1, 0.15) is 28.9 Å². The molecule has 0 bridgehead atoms. The van der Waals surface area contributed by atoms with E-state index in [2.05, 4.69) is 0 Å². The number of methoxy groups -OCH3 is 1. The van der Waals surface area contributed by atoms with Crippen LogP contribution in [0.15, 0.2) is 41.8 Å². The van der Waals surface area contributed by atoms with Gasteiger partial charge >= 0.3 is 0 Å². The van der Waals surface area contributed by atoms with Crippen molar-refractivity contribution in [3.63, 3.8) is 0 Å². The van der Waals surface area contributed by atoms with Crippen molar-refractivity contribution in [1.82, 2.24) is 9.80 Å². The van der Waals surface area contributed by atoms with Crippen LogP contribution in [0.2, 0.25) is 0 Å². The smallest absolute Gasteiger partial charge is 0.264 e. The van der Waals surface area contributed by atoms with Crippen LogP contribution in [0.4, 0.5) is 0 Å². The molecule has 28 heavy (non-hydrogen) atoms. The van der Waals surface area contributed by atoms with E-state index in [9.17, 15) is 9.59 Å². The molecule has 1 saturated heterocycles. The van der Waals surface area contributed by atoms with Crippen molar-refractivity contribution in [2.45, 2.75) is 25.3 Å². The molecule has 3 rings (SSSR count). The molecule has 1 aliphatic heterocycles. The Morgan fingerprint density at radius 1 is 1.18 bits per heavy atom. The Bertz CT molecular complexity index is 776. The fourth-order valence-electron chi connectivity index (χ4n) is 3.31. The standard InChI is InChI=1S/C21H26N2O4S/c1-22(13-14-27-17-10-8-16(26-2)9-11-17)20(24)18-6-3-4-12-23(18)21(25)19-7-5-15-28-19/h5,7-11,15,18H,3-4,6,12-14H2,1-2H3. The van der Waals surface area contributed by atoms with E-state index in [-0.39, 0.29) is 11.8 Å². The number of hydrogen-bond acceptors (Lipinski definition) is 5. The number of likely N-dealkylation sites (N-methyl/N-ethyl adjacent to an activating group) is 1. The molecule has 7 heteroatoms. The minimum absolute atomic E-state index is 0.0251. The number of hydrogen-bond donors (Lipinski definition) is 0. The van der Waals surface area contributed by atoms with Crippen molar-refractivity contribution in [2.75, 3.05) is 33.9 Å². The van der Waals surface area contributed by atoms with Crippen LogP contribution >= 0.6 is 11.3 Å². The SMILES string of the molecule is COc1ccc(OCCN(C)C(=O)C2CCCCN2C(=O)c2cccs2)cc1. The summed E-state index contributed by atoms with van der Waals surface area (Å²) in [6.45, 7) is 1.48. The van der Waals surface area contributed by atoms with Crippen molar-refractivity contribution < 1.29 is 19.1 Å². The number of nitrogens with zero attached hydrogens (tertiary/aromatic N) is 2. The molecule has 0 saturated carbocycles. The zero-order chi connectivity index (χ0) is 19.9. The highest BCUT2D eigenvalue weighted by atomic mass is 32.1. The minimum Gasteiger partial charge on any atom is -0.497 e. The predicted molar refractivity (Wildman–Crippen MR) is 109 cm³/mol. The summed E-state index contributed by atoms with van der Waals surface area (Å²) in [6.07, 6.45) is 2.60. The van der Waals surface area contributed by atoms with Gasteiger partial charge in [0, 0.05) is 13.6 Å². The van der Waals surface area contributed by atoms with Crippen molar-refractivity contribution in [2.24, 2.45) is 0 Å². The van der Waals surface area contributed by atoms with Crippen LogP contribution in [0.5, 0.6) is 11.5 Å². The van der Waals surface area contributed by atoms with E-state index >= 15 is 0 Å². The van der Waals surface area contributed by atoms with Gasteiger partial charge in [-0.25, -0.2) is 0 Å². The van der Waals surface area contributed by atoms with Gasteiger partial charge in [-0.15, -0.1) is 11.3 Å². The summed E-state index contributed by atoms with van der Waals surface area (Å²) in [7, 11) is 3.39. The van der Waals surface area contributed by atoms with Gasteiger partial charge in [0.15, 0.2) is 0 Å². The van der Waals surface area contributed by atoms with E-state index in [1.54, 1.807) is 24.0 Å². The van der Waals surface area contributed by atoms with Gasteiger partial charge in [-0.05, 0) is 55.0 Å². The zero-order valence-corrected chi connectivity index (χ0v) is 17.1. The first-order valence-corrected chi connectivity index (χ1v) is 10.3. The Labute approximate surface area is 169 Å². The van der Waals surface area contributed by atoms with Gasteiger partial charge < -0.3 is 19.3 Å². The van der Waals surface area contributed by atoms with Gasteiger partial charge in [-0.3, -0.25) is 9.59 Å². The first-order chi connectivity index (χ1) is 13.6. The summed E-state index contributed by atoms with van der Waals surface area (Å²) >= 11 is 1.42. The molecule has 0 spiro atoms. The summed E-state index contributed by atoms with van der Waals surface area (Å²) in [5.41, 5.74) is 0. The first kappa shape index (κ1) is 20.2. The highest BCUT2D eigenvalue weighted by Gasteiger charge is 2.34. The predicted octanol–water partition coefficient (Wildman–Crippen LogP) is 3.29. The number of amides is 2. The monoisotopic (exact) mass is 402 g/mol. The Balaban J connectivity index is 1.55. The van der Waals surface area contributed by atoms with Crippen LogP contribution in [0.3, 0.4) is 0 Å². The molecule has 2 aromatic rings. The lowest BCUT2D eigenvalue weighted by Crippen LogP contribution is -2.52. The second-order valence-electron chi connectivity index (χ2n) is 6.77. The van der Waals surface area contributed by atoms with Crippen molar-refractivity contribution in [1.29, 1.82) is 0 Å². The Morgan fingerprint density at radius 3 is 2.61 bits per heavy atom. The maximum atomic E-state index is 13.0. The molecule has 1 aliphatic rings. The molecule has 1 atom stereocenters. The van der Waals surface area contributed by atoms with Gasteiger partial charge in [0.05, 0.1) is 18.5 Å². The Kier molecular flexibility index (Phi) is 6.92. The van der Waals surface area contributed by atoms with E-state index in [4.69, 9.17) is 9.47 Å². The number of carbonyl (C=O) groups is 2. The third-order valence-electron chi connectivity index (χ3n) is 4.91. The quantitative estimate of drug-likeness (QED) is 0.713. The van der Waals surface area contributed by atoms with Crippen LogP contribution in [-0.4, -0.2) is 61.5 Å². The van der Waals surface area contributed by atoms with Crippen molar-refractivity contribution in [3.8, 4) is 11.5 Å². The highest BCUT2D eigenvalue weighted by Crippen LogP contribution is 2.23. The van der Waals surface area contributed by atoms with Gasteiger partial charge in [-0.1, -0.05) is 6.07 Å². The van der Waals surface area contributed by atoms with Crippen molar-refractivity contribution in [3.05, 3.63) is 46.7 Å². The molecule has 150 valence electrons. The second-order valence-corrected chi connectivity index (χ2v) is 7.72. The lowest BCUT2D eigenvalue weighted by Gasteiger charge is -2.36. The highest BCUT2D eigenvalue weighted by molar-refractivity contribution is 7.12. The van der Waals surface area contributed by atoms with E-state index in [0.29, 0.717) is 31.0 Å². The average molecular weight is 403 g/mol. The molecule has 1 aromatic carbocycles. The molecular weight excluding hydrogens is 376 g/mol. The Hall–Kier alpha value is -2.54. The van der Waals surface area contributed by atoms with Gasteiger partial charge in [0.1, 0.15) is 24.1 Å². The average Bonchev–Trinajstić information content (AvgIpc) is 3.28. The normalized spacial score (nSPS) is 16.5. The Morgan fingerprint density at radius 2 is 1.93 bits per heavy atom. The lowest BCUT2D eigenvalue weighted by atomic mass is 10.0. The maximum absolute atomic E-state index is 13.0. The van der Waals surface area contributed by atoms with Crippen LogP contribution in [-0.2, 0) is 4.79 Å². The van der Waals surface area contributed by atoms with E-state index in [1.165, 1.54) is 11.3 Å². The van der Waals surface area contributed by atoms with Crippen LogP contribution in [0, 0.1) is 0 Å². The lowest BCUT2D eigenvalue weighted by molar-refractivity contribution is -0.136. The summed E-state index contributed by atoms with van der Waals surface area (Å²) in [5.74, 6) is 1.43. The number of benzene rings is 1. The molecule has 0 aliphatic carbocycles. The van der Waals surface area contributed by atoms with E-state index in [1.807, 2.05) is 41.8 Å². The molecule has 0 N–H and O–H groups in total. The third kappa shape index (κ3) is 4.84. The number of piperidine rings is 1. The molecule has 6 nitrogen and oxygen atoms in total. The van der Waals surface area contributed by atoms with Crippen molar-refractivity contribution >= 4 is 23.2 Å². The van der Waals surface area contributed by atoms with Crippen LogP contribution in [0.25, 0.3) is 0 Å².